The average Bonchev–Trinajstić information content (AvgIpc) is 2.63. The van der Waals surface area contributed by atoms with Gasteiger partial charge in [0.15, 0.2) is 0 Å². The van der Waals surface area contributed by atoms with E-state index in [2.05, 4.69) is 44.3 Å². The lowest BCUT2D eigenvalue weighted by Gasteiger charge is -2.16. The van der Waals surface area contributed by atoms with E-state index in [4.69, 9.17) is 4.74 Å². The minimum Gasteiger partial charge on any atom is -0.488 e. The molecule has 94 valence electrons. The lowest BCUT2D eigenvalue weighted by molar-refractivity contribution is 0.210. The Bertz CT molecular complexity index is 375. The molecule has 17 heavy (non-hydrogen) atoms. The van der Waals surface area contributed by atoms with Gasteiger partial charge in [0.25, 0.3) is 0 Å². The Morgan fingerprint density at radius 1 is 1.24 bits per heavy atom. The highest BCUT2D eigenvalue weighted by Crippen LogP contribution is 2.37. The molecule has 2 atom stereocenters. The third-order valence-electron chi connectivity index (χ3n) is 3.34. The quantitative estimate of drug-likeness (QED) is 0.841. The van der Waals surface area contributed by atoms with Crippen molar-refractivity contribution in [1.82, 2.24) is 5.32 Å². The maximum atomic E-state index is 5.89. The van der Waals surface area contributed by atoms with Crippen LogP contribution in [0.25, 0.3) is 0 Å². The summed E-state index contributed by atoms with van der Waals surface area (Å²) in [4.78, 5) is 0. The Kier molecular flexibility index (Phi) is 4.06. The number of rotatable bonds is 5. The van der Waals surface area contributed by atoms with Crippen LogP contribution in [0.3, 0.4) is 0 Å². The fourth-order valence-electron chi connectivity index (χ4n) is 2.49. The SMILES string of the molecule is CCCNC1c2cc(CCC)ccc2OC1C. The molecule has 0 amide bonds. The van der Waals surface area contributed by atoms with Crippen LogP contribution in [-0.2, 0) is 6.42 Å². The summed E-state index contributed by atoms with van der Waals surface area (Å²) in [5, 5.41) is 3.58. The minimum absolute atomic E-state index is 0.244. The van der Waals surface area contributed by atoms with Gasteiger partial charge in [0.05, 0.1) is 6.04 Å². The highest BCUT2D eigenvalue weighted by Gasteiger charge is 2.30. The monoisotopic (exact) mass is 233 g/mol. The summed E-state index contributed by atoms with van der Waals surface area (Å²) < 4.78 is 5.89. The van der Waals surface area contributed by atoms with Crippen LogP contribution in [0, 0.1) is 0 Å². The Morgan fingerprint density at radius 2 is 2.06 bits per heavy atom. The molecule has 2 heteroatoms. The van der Waals surface area contributed by atoms with Crippen molar-refractivity contribution in [3.8, 4) is 5.75 Å². The van der Waals surface area contributed by atoms with Crippen LogP contribution < -0.4 is 10.1 Å². The van der Waals surface area contributed by atoms with Gasteiger partial charge in [-0.15, -0.1) is 0 Å². The summed E-state index contributed by atoms with van der Waals surface area (Å²) in [5.74, 6) is 1.06. The van der Waals surface area contributed by atoms with Crippen molar-refractivity contribution in [3.05, 3.63) is 29.3 Å². The second-order valence-corrected chi connectivity index (χ2v) is 4.88. The van der Waals surface area contributed by atoms with Crippen LogP contribution in [-0.4, -0.2) is 12.6 Å². The van der Waals surface area contributed by atoms with Gasteiger partial charge >= 0.3 is 0 Å². The van der Waals surface area contributed by atoms with E-state index in [-0.39, 0.29) is 6.10 Å². The van der Waals surface area contributed by atoms with E-state index in [1.807, 2.05) is 0 Å². The highest BCUT2D eigenvalue weighted by molar-refractivity contribution is 5.43. The van der Waals surface area contributed by atoms with E-state index in [0.29, 0.717) is 6.04 Å². The molecular weight excluding hydrogens is 210 g/mol. The molecule has 0 aromatic heterocycles. The molecule has 2 nitrogen and oxygen atoms in total. The van der Waals surface area contributed by atoms with Gasteiger partial charge in [-0.2, -0.15) is 0 Å². The Hall–Kier alpha value is -1.02. The molecule has 0 spiro atoms. The number of nitrogens with one attached hydrogen (secondary N) is 1. The molecule has 2 rings (SSSR count). The fraction of sp³-hybridized carbons (Fsp3) is 0.600. The fourth-order valence-corrected chi connectivity index (χ4v) is 2.49. The minimum atomic E-state index is 0.244. The molecule has 1 N–H and O–H groups in total. The molecule has 0 aliphatic carbocycles. The standard InChI is InChI=1S/C15H23NO/c1-4-6-12-7-8-14-13(10-12)15(11(3)17-14)16-9-5-2/h7-8,10-11,15-16H,4-6,9H2,1-3H3. The Labute approximate surface area is 104 Å². The molecular formula is C15H23NO. The molecule has 0 fully saturated rings. The van der Waals surface area contributed by atoms with Crippen molar-refractivity contribution in [2.75, 3.05) is 6.54 Å². The van der Waals surface area contributed by atoms with Crippen LogP contribution in [0.4, 0.5) is 0 Å². The zero-order valence-corrected chi connectivity index (χ0v) is 11.1. The van der Waals surface area contributed by atoms with E-state index < -0.39 is 0 Å². The van der Waals surface area contributed by atoms with E-state index in [1.54, 1.807) is 0 Å². The van der Waals surface area contributed by atoms with Gasteiger partial charge in [-0.05, 0) is 37.9 Å². The predicted octanol–water partition coefficient (Wildman–Crippen LogP) is 3.46. The number of benzene rings is 1. The molecule has 0 saturated heterocycles. The van der Waals surface area contributed by atoms with Crippen LogP contribution >= 0.6 is 0 Å². The van der Waals surface area contributed by atoms with E-state index in [0.717, 1.165) is 25.1 Å². The third-order valence-corrected chi connectivity index (χ3v) is 3.34. The van der Waals surface area contributed by atoms with E-state index in [1.165, 1.54) is 17.5 Å². The zero-order valence-electron chi connectivity index (χ0n) is 11.1. The highest BCUT2D eigenvalue weighted by atomic mass is 16.5. The number of aryl methyl sites for hydroxylation is 1. The lowest BCUT2D eigenvalue weighted by Crippen LogP contribution is -2.29. The zero-order chi connectivity index (χ0) is 12.3. The molecule has 2 unspecified atom stereocenters. The van der Waals surface area contributed by atoms with Crippen molar-refractivity contribution < 1.29 is 4.74 Å². The van der Waals surface area contributed by atoms with Gasteiger partial charge in [-0.1, -0.05) is 32.4 Å². The molecule has 1 aromatic carbocycles. The van der Waals surface area contributed by atoms with Crippen molar-refractivity contribution in [2.45, 2.75) is 52.2 Å². The number of fused-ring (bicyclic) bond motifs is 1. The smallest absolute Gasteiger partial charge is 0.124 e. The van der Waals surface area contributed by atoms with Gasteiger partial charge < -0.3 is 10.1 Å². The number of ether oxygens (including phenoxy) is 1. The van der Waals surface area contributed by atoms with Gasteiger partial charge in [0.1, 0.15) is 11.9 Å². The van der Waals surface area contributed by atoms with Gasteiger partial charge in [0.2, 0.25) is 0 Å². The van der Waals surface area contributed by atoms with Crippen molar-refractivity contribution in [2.24, 2.45) is 0 Å². The first kappa shape index (κ1) is 12.4. The van der Waals surface area contributed by atoms with Crippen LogP contribution in [0.1, 0.15) is 50.8 Å². The average molecular weight is 233 g/mol. The van der Waals surface area contributed by atoms with Gasteiger partial charge in [-0.25, -0.2) is 0 Å². The number of hydrogen-bond acceptors (Lipinski definition) is 2. The molecule has 0 saturated carbocycles. The summed E-state index contributed by atoms with van der Waals surface area (Å²) in [5.41, 5.74) is 2.77. The summed E-state index contributed by atoms with van der Waals surface area (Å²) in [6, 6.07) is 7.00. The first-order chi connectivity index (χ1) is 8.26. The van der Waals surface area contributed by atoms with Gasteiger partial charge in [0, 0.05) is 5.56 Å². The van der Waals surface area contributed by atoms with Gasteiger partial charge in [-0.3, -0.25) is 0 Å². The van der Waals surface area contributed by atoms with Crippen molar-refractivity contribution in [3.63, 3.8) is 0 Å². The van der Waals surface area contributed by atoms with Crippen LogP contribution in [0.2, 0.25) is 0 Å². The summed E-state index contributed by atoms with van der Waals surface area (Å²) in [6.07, 6.45) is 3.76. The van der Waals surface area contributed by atoms with Crippen LogP contribution in [0.15, 0.2) is 18.2 Å². The van der Waals surface area contributed by atoms with Crippen LogP contribution in [0.5, 0.6) is 5.75 Å². The molecule has 1 aromatic rings. The Morgan fingerprint density at radius 3 is 2.76 bits per heavy atom. The normalized spacial score (nSPS) is 22.3. The Balaban J connectivity index is 2.19. The lowest BCUT2D eigenvalue weighted by atomic mass is 10.00. The van der Waals surface area contributed by atoms with E-state index in [9.17, 15) is 0 Å². The van der Waals surface area contributed by atoms with Crippen molar-refractivity contribution in [1.29, 1.82) is 0 Å². The molecule has 1 aliphatic heterocycles. The van der Waals surface area contributed by atoms with Crippen molar-refractivity contribution >= 4 is 0 Å². The molecule has 1 heterocycles. The first-order valence-electron chi connectivity index (χ1n) is 6.79. The molecule has 1 aliphatic rings. The molecule has 0 radical (unpaired) electrons. The summed E-state index contributed by atoms with van der Waals surface area (Å²) in [6.45, 7) is 7.61. The summed E-state index contributed by atoms with van der Waals surface area (Å²) in [7, 11) is 0. The first-order valence-corrected chi connectivity index (χ1v) is 6.79. The van der Waals surface area contributed by atoms with E-state index >= 15 is 0 Å². The summed E-state index contributed by atoms with van der Waals surface area (Å²) >= 11 is 0. The second-order valence-electron chi connectivity index (χ2n) is 4.88. The maximum Gasteiger partial charge on any atom is 0.124 e. The third kappa shape index (κ3) is 2.63. The number of hydrogen-bond donors (Lipinski definition) is 1. The second kappa shape index (κ2) is 5.54. The topological polar surface area (TPSA) is 21.3 Å². The molecule has 0 bridgehead atoms. The maximum absolute atomic E-state index is 5.89. The predicted molar refractivity (Wildman–Crippen MR) is 71.6 cm³/mol. The largest absolute Gasteiger partial charge is 0.488 e.